The molecule has 0 aliphatic heterocycles. The molecule has 10 aromatic rings. The van der Waals surface area contributed by atoms with Crippen LogP contribution in [0, 0.1) is 0 Å². The van der Waals surface area contributed by atoms with Crippen molar-refractivity contribution in [1.82, 2.24) is 0 Å². The highest BCUT2D eigenvalue weighted by Gasteiger charge is 2.37. The fourth-order valence-corrected chi connectivity index (χ4v) is 9.52. The van der Waals surface area contributed by atoms with Gasteiger partial charge in [-0.15, -0.1) is 0 Å². The van der Waals surface area contributed by atoms with Crippen molar-refractivity contribution >= 4 is 43.1 Å². The molecule has 1 aliphatic rings. The molecule has 0 aromatic heterocycles. The summed E-state index contributed by atoms with van der Waals surface area (Å²) < 4.78 is 0. The number of hydrogen-bond acceptors (Lipinski definition) is 0. The zero-order chi connectivity index (χ0) is 35.3. The maximum Gasteiger partial charge on any atom is 0.0159 e. The van der Waals surface area contributed by atoms with Gasteiger partial charge in [0.05, 0.1) is 0 Å². The minimum atomic E-state index is -0.0776. The zero-order valence-corrected chi connectivity index (χ0v) is 29.8. The highest BCUT2D eigenvalue weighted by Crippen LogP contribution is 2.53. The lowest BCUT2D eigenvalue weighted by atomic mass is 9.80. The van der Waals surface area contributed by atoms with Crippen molar-refractivity contribution in [3.05, 3.63) is 193 Å². The van der Waals surface area contributed by atoms with Crippen molar-refractivity contribution in [3.63, 3.8) is 0 Å². The maximum absolute atomic E-state index is 2.48. The molecule has 0 nitrogen and oxygen atoms in total. The first kappa shape index (κ1) is 30.2. The first-order chi connectivity index (χ1) is 26.1. The normalized spacial score (nSPS) is 13.2. The van der Waals surface area contributed by atoms with Gasteiger partial charge in [-0.25, -0.2) is 0 Å². The van der Waals surface area contributed by atoms with Gasteiger partial charge in [-0.2, -0.15) is 0 Å². The molecule has 0 heteroatoms. The third-order valence-corrected chi connectivity index (χ3v) is 12.0. The SMILES string of the molecule is CC1(C)c2ccccc2-c2c1cc(-c1cccc(-c3ccccc3-c3ccc4ccc5c(-c6ccccc6)ccc6ccc3c4c65)c1)c1ccccc21. The van der Waals surface area contributed by atoms with E-state index in [0.717, 1.165) is 0 Å². The lowest BCUT2D eigenvalue weighted by molar-refractivity contribution is 0.661. The monoisotopic (exact) mass is 672 g/mol. The molecular formula is C53H36. The predicted octanol–water partition coefficient (Wildman–Crippen LogP) is 14.7. The largest absolute Gasteiger partial charge is 0.0622 e. The van der Waals surface area contributed by atoms with Crippen LogP contribution in [0.5, 0.6) is 0 Å². The molecule has 0 unspecified atom stereocenters. The Morgan fingerprint density at radius 3 is 1.60 bits per heavy atom. The molecule has 0 heterocycles. The minimum absolute atomic E-state index is 0.0776. The number of rotatable bonds is 4. The van der Waals surface area contributed by atoms with Gasteiger partial charge in [-0.05, 0) is 122 Å². The van der Waals surface area contributed by atoms with Crippen molar-refractivity contribution in [3.8, 4) is 55.6 Å². The molecule has 0 atom stereocenters. The molecule has 10 aromatic carbocycles. The number of hydrogen-bond donors (Lipinski definition) is 0. The molecule has 0 saturated carbocycles. The van der Waals surface area contributed by atoms with E-state index >= 15 is 0 Å². The van der Waals surface area contributed by atoms with Crippen LogP contribution >= 0.6 is 0 Å². The Labute approximate surface area is 310 Å². The van der Waals surface area contributed by atoms with Crippen LogP contribution in [-0.2, 0) is 5.41 Å². The molecule has 0 radical (unpaired) electrons. The van der Waals surface area contributed by atoms with Crippen molar-refractivity contribution in [2.75, 3.05) is 0 Å². The van der Waals surface area contributed by atoms with Gasteiger partial charge in [0.1, 0.15) is 0 Å². The molecule has 0 N–H and O–H groups in total. The van der Waals surface area contributed by atoms with E-state index in [1.807, 2.05) is 0 Å². The molecule has 0 bridgehead atoms. The van der Waals surface area contributed by atoms with Gasteiger partial charge in [0.2, 0.25) is 0 Å². The summed E-state index contributed by atoms with van der Waals surface area (Å²) in [6.45, 7) is 4.75. The standard InChI is InChI=1S/C53H36/c1-53(2)48-22-11-10-21-46(48)52-43-20-9-8-19-41(43)47(32-49(52)53)37-16-12-15-36(31-37)38-17-6-7-18-40(38)42-28-24-35-25-29-44-39(33-13-4-3-5-14-33)27-23-34-26-30-45(42)51(35)50(34)44/h3-32H,1-2H3. The van der Waals surface area contributed by atoms with Crippen molar-refractivity contribution in [1.29, 1.82) is 0 Å². The summed E-state index contributed by atoms with van der Waals surface area (Å²) in [5, 5.41) is 10.5. The quantitative estimate of drug-likeness (QED) is 0.163. The lowest BCUT2D eigenvalue weighted by Gasteiger charge is -2.23. The van der Waals surface area contributed by atoms with Crippen LogP contribution in [0.1, 0.15) is 25.0 Å². The Hall–Kier alpha value is -6.50. The smallest absolute Gasteiger partial charge is 0.0159 e. The maximum atomic E-state index is 2.48. The van der Waals surface area contributed by atoms with Crippen LogP contribution in [0.4, 0.5) is 0 Å². The molecule has 248 valence electrons. The Morgan fingerprint density at radius 2 is 0.849 bits per heavy atom. The summed E-state index contributed by atoms with van der Waals surface area (Å²) in [5.41, 5.74) is 15.5. The predicted molar refractivity (Wildman–Crippen MR) is 227 cm³/mol. The van der Waals surface area contributed by atoms with E-state index < -0.39 is 0 Å². The van der Waals surface area contributed by atoms with Gasteiger partial charge in [0, 0.05) is 5.41 Å². The highest BCUT2D eigenvalue weighted by molar-refractivity contribution is 6.28. The zero-order valence-electron chi connectivity index (χ0n) is 29.8. The summed E-state index contributed by atoms with van der Waals surface area (Å²) in [4.78, 5) is 0. The lowest BCUT2D eigenvalue weighted by Crippen LogP contribution is -2.15. The Morgan fingerprint density at radius 1 is 0.302 bits per heavy atom. The number of benzene rings is 10. The fourth-order valence-electron chi connectivity index (χ4n) is 9.52. The van der Waals surface area contributed by atoms with Gasteiger partial charge in [-0.3, -0.25) is 0 Å². The Bertz CT molecular complexity index is 3070. The van der Waals surface area contributed by atoms with Gasteiger partial charge >= 0.3 is 0 Å². The molecule has 0 saturated heterocycles. The van der Waals surface area contributed by atoms with E-state index in [9.17, 15) is 0 Å². The van der Waals surface area contributed by atoms with Gasteiger partial charge in [-0.1, -0.05) is 184 Å². The third-order valence-electron chi connectivity index (χ3n) is 12.0. The second-order valence-corrected chi connectivity index (χ2v) is 15.2. The van der Waals surface area contributed by atoms with Crippen LogP contribution < -0.4 is 0 Å². The topological polar surface area (TPSA) is 0 Å². The third kappa shape index (κ3) is 4.36. The van der Waals surface area contributed by atoms with Crippen LogP contribution in [0.2, 0.25) is 0 Å². The molecule has 0 spiro atoms. The molecule has 1 aliphatic carbocycles. The molecule has 53 heavy (non-hydrogen) atoms. The van der Waals surface area contributed by atoms with Crippen molar-refractivity contribution in [2.45, 2.75) is 19.3 Å². The molecule has 11 rings (SSSR count). The van der Waals surface area contributed by atoms with Gasteiger partial charge < -0.3 is 0 Å². The Balaban J connectivity index is 1.10. The first-order valence-electron chi connectivity index (χ1n) is 18.7. The van der Waals surface area contributed by atoms with E-state index in [-0.39, 0.29) is 5.41 Å². The fraction of sp³-hybridized carbons (Fsp3) is 0.0566. The summed E-state index contributed by atoms with van der Waals surface area (Å²) >= 11 is 0. The molecular weight excluding hydrogens is 637 g/mol. The minimum Gasteiger partial charge on any atom is -0.0622 e. The van der Waals surface area contributed by atoms with E-state index in [2.05, 4.69) is 196 Å². The second kappa shape index (κ2) is 11.2. The van der Waals surface area contributed by atoms with Crippen LogP contribution in [-0.4, -0.2) is 0 Å². The highest BCUT2D eigenvalue weighted by atomic mass is 14.4. The van der Waals surface area contributed by atoms with Crippen molar-refractivity contribution in [2.24, 2.45) is 0 Å². The summed E-state index contributed by atoms with van der Waals surface area (Å²) in [7, 11) is 0. The van der Waals surface area contributed by atoms with Crippen LogP contribution in [0.3, 0.4) is 0 Å². The second-order valence-electron chi connectivity index (χ2n) is 15.2. The number of fused-ring (bicyclic) bond motifs is 5. The molecule has 0 fully saturated rings. The average molecular weight is 673 g/mol. The van der Waals surface area contributed by atoms with E-state index in [0.29, 0.717) is 0 Å². The summed E-state index contributed by atoms with van der Waals surface area (Å²) in [6, 6.07) is 67.8. The van der Waals surface area contributed by atoms with Crippen LogP contribution in [0.25, 0.3) is 98.7 Å². The van der Waals surface area contributed by atoms with Gasteiger partial charge in [0.15, 0.2) is 0 Å². The van der Waals surface area contributed by atoms with E-state index in [1.54, 1.807) is 0 Å². The molecule has 0 amide bonds. The van der Waals surface area contributed by atoms with E-state index in [4.69, 9.17) is 0 Å². The van der Waals surface area contributed by atoms with Crippen molar-refractivity contribution < 1.29 is 0 Å². The first-order valence-corrected chi connectivity index (χ1v) is 18.7. The summed E-state index contributed by atoms with van der Waals surface area (Å²) in [6.07, 6.45) is 0. The summed E-state index contributed by atoms with van der Waals surface area (Å²) in [5.74, 6) is 0. The van der Waals surface area contributed by atoms with E-state index in [1.165, 1.54) is 110 Å². The van der Waals surface area contributed by atoms with Gasteiger partial charge in [0.25, 0.3) is 0 Å². The van der Waals surface area contributed by atoms with Crippen LogP contribution in [0.15, 0.2) is 182 Å². The average Bonchev–Trinajstić information content (AvgIpc) is 3.45. The Kier molecular flexibility index (Phi) is 6.40.